The van der Waals surface area contributed by atoms with E-state index >= 15 is 0 Å². The molecule has 14 heavy (non-hydrogen) atoms. The monoisotopic (exact) mass is 219 g/mol. The van der Waals surface area contributed by atoms with Gasteiger partial charge in [-0.2, -0.15) is 8.42 Å². The Morgan fingerprint density at radius 3 is 2.57 bits per heavy atom. The van der Waals surface area contributed by atoms with Crippen LogP contribution in [0.3, 0.4) is 0 Å². The molecule has 0 amide bonds. The second-order valence-electron chi connectivity index (χ2n) is 2.31. The Kier molecular flexibility index (Phi) is 2.36. The van der Waals surface area contributed by atoms with E-state index in [0.717, 1.165) is 0 Å². The third-order valence-corrected chi connectivity index (χ3v) is 2.22. The van der Waals surface area contributed by atoms with E-state index in [0.29, 0.717) is 12.3 Å². The van der Waals surface area contributed by atoms with Crippen molar-refractivity contribution >= 4 is 21.6 Å². The zero-order chi connectivity index (χ0) is 10.9. The van der Waals surface area contributed by atoms with Gasteiger partial charge in [0.2, 0.25) is 0 Å². The SMILES string of the molecule is Nc1cc(S(=O)(=O)O)c([N+](=O)[O-])cn1. The Balaban J connectivity index is 3.54. The van der Waals surface area contributed by atoms with Gasteiger partial charge in [0.1, 0.15) is 12.0 Å². The first-order valence-electron chi connectivity index (χ1n) is 3.20. The van der Waals surface area contributed by atoms with Crippen LogP contribution in [0.15, 0.2) is 17.2 Å². The van der Waals surface area contributed by atoms with Crippen molar-refractivity contribution in [1.82, 2.24) is 4.98 Å². The molecule has 0 aromatic carbocycles. The predicted octanol–water partition coefficient (Wildman–Crippen LogP) is -0.181. The summed E-state index contributed by atoms with van der Waals surface area (Å²) in [6.07, 6.45) is 0.665. The number of nitrogens with zero attached hydrogens (tertiary/aromatic N) is 2. The Morgan fingerprint density at radius 1 is 1.57 bits per heavy atom. The molecular formula is C5H5N3O5S. The first-order chi connectivity index (χ1) is 6.32. The van der Waals surface area contributed by atoms with Crippen LogP contribution in [0.5, 0.6) is 0 Å². The molecule has 0 atom stereocenters. The standard InChI is InChI=1S/C5H5N3O5S/c6-5-1-4(14(11,12)13)3(2-7-5)8(9)10/h1-2H,(H2,6,7)(H,11,12,13). The molecule has 0 radical (unpaired) electrons. The number of anilines is 1. The van der Waals surface area contributed by atoms with Crippen LogP contribution in [0.25, 0.3) is 0 Å². The van der Waals surface area contributed by atoms with Gasteiger partial charge in [-0.1, -0.05) is 0 Å². The number of rotatable bonds is 2. The van der Waals surface area contributed by atoms with Crippen molar-refractivity contribution in [3.8, 4) is 0 Å². The van der Waals surface area contributed by atoms with Crippen LogP contribution in [0, 0.1) is 10.1 Å². The maximum Gasteiger partial charge on any atom is 0.308 e. The second-order valence-corrected chi connectivity index (χ2v) is 3.70. The van der Waals surface area contributed by atoms with Crippen molar-refractivity contribution in [3.63, 3.8) is 0 Å². The van der Waals surface area contributed by atoms with E-state index in [9.17, 15) is 18.5 Å². The van der Waals surface area contributed by atoms with Crippen LogP contribution >= 0.6 is 0 Å². The van der Waals surface area contributed by atoms with Gasteiger partial charge in [0, 0.05) is 6.07 Å². The average molecular weight is 219 g/mol. The fourth-order valence-corrected chi connectivity index (χ4v) is 1.45. The zero-order valence-electron chi connectivity index (χ0n) is 6.61. The summed E-state index contributed by atoms with van der Waals surface area (Å²) >= 11 is 0. The van der Waals surface area contributed by atoms with E-state index in [1.54, 1.807) is 0 Å². The van der Waals surface area contributed by atoms with Gasteiger partial charge in [-0.15, -0.1) is 0 Å². The minimum atomic E-state index is -4.66. The largest absolute Gasteiger partial charge is 0.384 e. The van der Waals surface area contributed by atoms with Crippen LogP contribution < -0.4 is 5.73 Å². The number of pyridine rings is 1. The van der Waals surface area contributed by atoms with Gasteiger partial charge in [0.05, 0.1) is 4.92 Å². The minimum Gasteiger partial charge on any atom is -0.384 e. The van der Waals surface area contributed by atoms with Crippen molar-refractivity contribution in [2.24, 2.45) is 0 Å². The molecule has 0 spiro atoms. The molecule has 0 fully saturated rings. The summed E-state index contributed by atoms with van der Waals surface area (Å²) in [4.78, 5) is 11.8. The molecule has 76 valence electrons. The quantitative estimate of drug-likeness (QED) is 0.399. The molecule has 0 aliphatic rings. The van der Waals surface area contributed by atoms with Crippen LogP contribution in [0.1, 0.15) is 0 Å². The van der Waals surface area contributed by atoms with Gasteiger partial charge < -0.3 is 5.73 Å². The number of aromatic nitrogens is 1. The fourth-order valence-electron chi connectivity index (χ4n) is 0.789. The third kappa shape index (κ3) is 1.95. The second kappa shape index (κ2) is 3.20. The highest BCUT2D eigenvalue weighted by Crippen LogP contribution is 2.23. The van der Waals surface area contributed by atoms with E-state index < -0.39 is 25.6 Å². The van der Waals surface area contributed by atoms with Crippen LogP contribution in [0.2, 0.25) is 0 Å². The van der Waals surface area contributed by atoms with Crippen LogP contribution in [-0.2, 0) is 10.1 Å². The minimum absolute atomic E-state index is 0.233. The molecule has 0 aliphatic heterocycles. The van der Waals surface area contributed by atoms with E-state index in [1.165, 1.54) is 0 Å². The van der Waals surface area contributed by atoms with Gasteiger partial charge in [-0.05, 0) is 0 Å². The summed E-state index contributed by atoms with van der Waals surface area (Å²) in [6.45, 7) is 0. The summed E-state index contributed by atoms with van der Waals surface area (Å²) in [5.41, 5.74) is 4.30. The molecule has 0 aliphatic carbocycles. The molecule has 9 heteroatoms. The maximum atomic E-state index is 10.7. The highest BCUT2D eigenvalue weighted by Gasteiger charge is 2.24. The Hall–Kier alpha value is -1.74. The molecule has 0 bridgehead atoms. The normalized spacial score (nSPS) is 11.2. The summed E-state index contributed by atoms with van der Waals surface area (Å²) in [5.74, 6) is -0.233. The molecule has 1 rings (SSSR count). The average Bonchev–Trinajstić information content (AvgIpc) is 2.01. The highest BCUT2D eigenvalue weighted by molar-refractivity contribution is 7.86. The number of nitro groups is 1. The lowest BCUT2D eigenvalue weighted by Crippen LogP contribution is -2.05. The van der Waals surface area contributed by atoms with E-state index in [4.69, 9.17) is 10.3 Å². The van der Waals surface area contributed by atoms with E-state index in [1.807, 2.05) is 0 Å². The fraction of sp³-hybridized carbons (Fsp3) is 0. The van der Waals surface area contributed by atoms with Gasteiger partial charge in [0.25, 0.3) is 0 Å². The zero-order valence-corrected chi connectivity index (χ0v) is 7.43. The van der Waals surface area contributed by atoms with Crippen molar-refractivity contribution < 1.29 is 17.9 Å². The molecule has 1 heterocycles. The molecule has 0 unspecified atom stereocenters. The Labute approximate surface area is 78.3 Å². The first kappa shape index (κ1) is 10.3. The summed E-state index contributed by atoms with van der Waals surface area (Å²) in [7, 11) is -4.66. The predicted molar refractivity (Wildman–Crippen MR) is 45.1 cm³/mol. The highest BCUT2D eigenvalue weighted by atomic mass is 32.2. The molecule has 3 N–H and O–H groups in total. The number of nitrogens with two attached hydrogens (primary N) is 1. The lowest BCUT2D eigenvalue weighted by Gasteiger charge is -1.99. The van der Waals surface area contributed by atoms with E-state index in [-0.39, 0.29) is 5.82 Å². The summed E-state index contributed by atoms with van der Waals surface area (Å²) in [6, 6.07) is 0.716. The van der Waals surface area contributed by atoms with Crippen molar-refractivity contribution in [1.29, 1.82) is 0 Å². The Morgan fingerprint density at radius 2 is 2.14 bits per heavy atom. The Bertz CT molecular complexity index is 482. The van der Waals surface area contributed by atoms with Crippen molar-refractivity contribution in [2.75, 3.05) is 5.73 Å². The molecule has 1 aromatic heterocycles. The number of nitrogen functional groups attached to an aromatic ring is 1. The molecule has 1 aromatic rings. The summed E-state index contributed by atoms with van der Waals surface area (Å²) in [5, 5.41) is 10.3. The van der Waals surface area contributed by atoms with Crippen molar-refractivity contribution in [2.45, 2.75) is 4.90 Å². The molecule has 8 nitrogen and oxygen atoms in total. The smallest absolute Gasteiger partial charge is 0.308 e. The number of hydrogen-bond acceptors (Lipinski definition) is 6. The van der Waals surface area contributed by atoms with Gasteiger partial charge in [-0.25, -0.2) is 4.98 Å². The lowest BCUT2D eigenvalue weighted by molar-refractivity contribution is -0.388. The van der Waals surface area contributed by atoms with Gasteiger partial charge >= 0.3 is 15.8 Å². The van der Waals surface area contributed by atoms with Crippen molar-refractivity contribution in [3.05, 3.63) is 22.4 Å². The topological polar surface area (TPSA) is 136 Å². The number of hydrogen-bond donors (Lipinski definition) is 2. The van der Waals surface area contributed by atoms with E-state index in [2.05, 4.69) is 4.98 Å². The van der Waals surface area contributed by atoms with Crippen LogP contribution in [-0.4, -0.2) is 22.9 Å². The van der Waals surface area contributed by atoms with Gasteiger partial charge in [0.15, 0.2) is 4.90 Å². The van der Waals surface area contributed by atoms with Crippen LogP contribution in [0.4, 0.5) is 11.5 Å². The molecule has 0 saturated carbocycles. The first-order valence-corrected chi connectivity index (χ1v) is 4.64. The third-order valence-electron chi connectivity index (χ3n) is 1.34. The summed E-state index contributed by atoms with van der Waals surface area (Å²) < 4.78 is 30.0. The molecular weight excluding hydrogens is 214 g/mol. The maximum absolute atomic E-state index is 10.7. The molecule has 0 saturated heterocycles. The van der Waals surface area contributed by atoms with Gasteiger partial charge in [-0.3, -0.25) is 14.7 Å². The lowest BCUT2D eigenvalue weighted by atomic mass is 10.4.